The minimum Gasteiger partial charge on any atom is -0.370 e. The number of carbonyl (C=O) groups is 1. The van der Waals surface area contributed by atoms with Crippen LogP contribution in [-0.2, 0) is 16.3 Å². The average Bonchev–Trinajstić information content (AvgIpc) is 2.44. The van der Waals surface area contributed by atoms with E-state index in [-0.39, 0.29) is 10.5 Å². The Hall–Kier alpha value is -1.07. The second-order valence-corrected chi connectivity index (χ2v) is 7.69. The van der Waals surface area contributed by atoms with E-state index in [0.29, 0.717) is 12.1 Å². The maximum absolute atomic E-state index is 12.2. The molecule has 0 spiro atoms. The minimum absolute atomic E-state index is 0.176. The first-order valence-electron chi connectivity index (χ1n) is 7.57. The van der Waals surface area contributed by atoms with E-state index in [1.165, 1.54) is 6.07 Å². The molecule has 0 aliphatic rings. The standard InChI is InChI=1S/C16H24ClNO3S/c1-5-8-18(9-6-2)14-10-12(7-3)13(16(17)19)11-15(14)22(4,20)21/h10-11H,5-9H2,1-4H3. The third-order valence-electron chi connectivity index (χ3n) is 3.50. The van der Waals surface area contributed by atoms with Crippen molar-refractivity contribution in [2.45, 2.75) is 44.9 Å². The molecule has 0 atom stereocenters. The number of rotatable bonds is 8. The maximum Gasteiger partial charge on any atom is 0.252 e. The molecule has 0 aliphatic carbocycles. The molecular weight excluding hydrogens is 322 g/mol. The molecule has 0 aliphatic heterocycles. The van der Waals surface area contributed by atoms with Crippen molar-refractivity contribution in [2.24, 2.45) is 0 Å². The fourth-order valence-electron chi connectivity index (χ4n) is 2.52. The van der Waals surface area contributed by atoms with Crippen molar-refractivity contribution in [3.8, 4) is 0 Å². The molecule has 1 aromatic rings. The van der Waals surface area contributed by atoms with Crippen LogP contribution in [0.25, 0.3) is 0 Å². The van der Waals surface area contributed by atoms with E-state index in [1.54, 1.807) is 6.07 Å². The largest absolute Gasteiger partial charge is 0.370 e. The lowest BCUT2D eigenvalue weighted by Gasteiger charge is -2.27. The maximum atomic E-state index is 12.2. The van der Waals surface area contributed by atoms with Gasteiger partial charge >= 0.3 is 0 Å². The Morgan fingerprint density at radius 2 is 1.68 bits per heavy atom. The van der Waals surface area contributed by atoms with Gasteiger partial charge in [0.15, 0.2) is 9.84 Å². The molecule has 22 heavy (non-hydrogen) atoms. The van der Waals surface area contributed by atoms with Crippen LogP contribution >= 0.6 is 11.6 Å². The van der Waals surface area contributed by atoms with Gasteiger partial charge in [0.1, 0.15) is 0 Å². The molecule has 0 amide bonds. The summed E-state index contributed by atoms with van der Waals surface area (Å²) in [6.45, 7) is 7.58. The molecular formula is C16H24ClNO3S. The van der Waals surface area contributed by atoms with Gasteiger partial charge in [-0.25, -0.2) is 8.42 Å². The molecule has 0 fully saturated rings. The lowest BCUT2D eigenvalue weighted by atomic mass is 10.0. The number of halogens is 1. The van der Waals surface area contributed by atoms with Crippen molar-refractivity contribution in [3.63, 3.8) is 0 Å². The van der Waals surface area contributed by atoms with Crippen LogP contribution in [0.5, 0.6) is 0 Å². The number of aryl methyl sites for hydroxylation is 1. The molecule has 1 rings (SSSR count). The molecule has 124 valence electrons. The second kappa shape index (κ2) is 7.97. The lowest BCUT2D eigenvalue weighted by Crippen LogP contribution is -2.27. The predicted octanol–water partition coefficient (Wildman–Crippen LogP) is 3.66. The number of nitrogens with zero attached hydrogens (tertiary/aromatic N) is 1. The molecule has 0 unspecified atom stereocenters. The summed E-state index contributed by atoms with van der Waals surface area (Å²) in [5, 5.41) is -0.620. The highest BCUT2D eigenvalue weighted by Gasteiger charge is 2.22. The van der Waals surface area contributed by atoms with Crippen molar-refractivity contribution in [2.75, 3.05) is 24.2 Å². The van der Waals surface area contributed by atoms with E-state index in [9.17, 15) is 13.2 Å². The summed E-state index contributed by atoms with van der Waals surface area (Å²) in [5.74, 6) is 0. The lowest BCUT2D eigenvalue weighted by molar-refractivity contribution is 0.108. The molecule has 0 radical (unpaired) electrons. The predicted molar refractivity (Wildman–Crippen MR) is 91.9 cm³/mol. The Kier molecular flexibility index (Phi) is 6.88. The molecule has 0 aromatic heterocycles. The van der Waals surface area contributed by atoms with Crippen LogP contribution < -0.4 is 4.90 Å². The zero-order valence-electron chi connectivity index (χ0n) is 13.6. The number of sulfone groups is 1. The highest BCUT2D eigenvalue weighted by Crippen LogP contribution is 2.30. The second-order valence-electron chi connectivity index (χ2n) is 5.36. The van der Waals surface area contributed by atoms with E-state index >= 15 is 0 Å². The van der Waals surface area contributed by atoms with Gasteiger partial charge in [-0.3, -0.25) is 4.79 Å². The van der Waals surface area contributed by atoms with Crippen molar-refractivity contribution in [1.29, 1.82) is 0 Å². The van der Waals surface area contributed by atoms with E-state index in [0.717, 1.165) is 37.8 Å². The normalized spacial score (nSPS) is 11.5. The topological polar surface area (TPSA) is 54.5 Å². The summed E-state index contributed by atoms with van der Waals surface area (Å²) in [4.78, 5) is 13.8. The van der Waals surface area contributed by atoms with E-state index < -0.39 is 15.1 Å². The fraction of sp³-hybridized carbons (Fsp3) is 0.562. The molecule has 0 saturated heterocycles. The average molecular weight is 346 g/mol. The molecule has 1 aromatic carbocycles. The highest BCUT2D eigenvalue weighted by atomic mass is 35.5. The van der Waals surface area contributed by atoms with Gasteiger partial charge in [0.05, 0.1) is 10.6 Å². The molecule has 0 N–H and O–H groups in total. The van der Waals surface area contributed by atoms with Gasteiger partial charge in [-0.2, -0.15) is 0 Å². The third kappa shape index (κ3) is 4.46. The zero-order chi connectivity index (χ0) is 16.9. The summed E-state index contributed by atoms with van der Waals surface area (Å²) in [6, 6.07) is 3.23. The van der Waals surface area contributed by atoms with Gasteiger partial charge in [-0.15, -0.1) is 0 Å². The van der Waals surface area contributed by atoms with Crippen molar-refractivity contribution in [1.82, 2.24) is 0 Å². The van der Waals surface area contributed by atoms with E-state index in [1.807, 2.05) is 6.92 Å². The van der Waals surface area contributed by atoms with Gasteiger partial charge in [0, 0.05) is 24.9 Å². The Balaban J connectivity index is 3.62. The molecule has 6 heteroatoms. The summed E-state index contributed by atoms with van der Waals surface area (Å²) in [7, 11) is -3.45. The molecule has 0 bridgehead atoms. The first-order chi connectivity index (χ1) is 10.3. The zero-order valence-corrected chi connectivity index (χ0v) is 15.2. The van der Waals surface area contributed by atoms with Crippen LogP contribution in [0.3, 0.4) is 0 Å². The van der Waals surface area contributed by atoms with Gasteiger partial charge in [0.25, 0.3) is 5.24 Å². The monoisotopic (exact) mass is 345 g/mol. The van der Waals surface area contributed by atoms with Crippen LogP contribution in [0.4, 0.5) is 5.69 Å². The van der Waals surface area contributed by atoms with Crippen LogP contribution in [0, 0.1) is 0 Å². The van der Waals surface area contributed by atoms with Crippen molar-refractivity contribution >= 4 is 32.4 Å². The molecule has 0 heterocycles. The van der Waals surface area contributed by atoms with Gasteiger partial charge < -0.3 is 4.90 Å². The first-order valence-corrected chi connectivity index (χ1v) is 9.84. The SMILES string of the molecule is CCCN(CCC)c1cc(CC)c(C(=O)Cl)cc1S(C)(=O)=O. The highest BCUT2D eigenvalue weighted by molar-refractivity contribution is 7.90. The smallest absolute Gasteiger partial charge is 0.252 e. The Morgan fingerprint density at radius 1 is 1.14 bits per heavy atom. The van der Waals surface area contributed by atoms with E-state index in [4.69, 9.17) is 11.6 Å². The van der Waals surface area contributed by atoms with E-state index in [2.05, 4.69) is 18.7 Å². The molecule has 0 saturated carbocycles. The fourth-order valence-corrected chi connectivity index (χ4v) is 3.60. The first kappa shape index (κ1) is 19.0. The molecule has 4 nitrogen and oxygen atoms in total. The van der Waals surface area contributed by atoms with Crippen LogP contribution in [0.15, 0.2) is 17.0 Å². The van der Waals surface area contributed by atoms with Gasteiger partial charge in [-0.1, -0.05) is 20.8 Å². The Morgan fingerprint density at radius 3 is 2.05 bits per heavy atom. The summed E-state index contributed by atoms with van der Waals surface area (Å²) >= 11 is 5.62. The van der Waals surface area contributed by atoms with Crippen LogP contribution in [-0.4, -0.2) is 33.0 Å². The number of anilines is 1. The third-order valence-corrected chi connectivity index (χ3v) is 4.83. The van der Waals surface area contributed by atoms with Crippen molar-refractivity contribution in [3.05, 3.63) is 23.3 Å². The quantitative estimate of drug-likeness (QED) is 0.675. The number of hydrogen-bond acceptors (Lipinski definition) is 4. The number of benzene rings is 1. The number of carbonyl (C=O) groups excluding carboxylic acids is 1. The number of hydrogen-bond donors (Lipinski definition) is 0. The summed E-state index contributed by atoms with van der Waals surface area (Å²) < 4.78 is 24.3. The van der Waals surface area contributed by atoms with Gasteiger partial charge in [-0.05, 0) is 48.6 Å². The Bertz CT molecular complexity index is 635. The van der Waals surface area contributed by atoms with Crippen LogP contribution in [0.1, 0.15) is 49.5 Å². The summed E-state index contributed by atoms with van der Waals surface area (Å²) in [5.41, 5.74) is 1.73. The van der Waals surface area contributed by atoms with Crippen molar-refractivity contribution < 1.29 is 13.2 Å². The summed E-state index contributed by atoms with van der Waals surface area (Å²) in [6.07, 6.45) is 3.62. The van der Waals surface area contributed by atoms with Crippen LogP contribution in [0.2, 0.25) is 0 Å². The van der Waals surface area contributed by atoms with Gasteiger partial charge in [0.2, 0.25) is 0 Å². The Labute approximate surface area is 138 Å². The minimum atomic E-state index is -3.45.